The van der Waals surface area contributed by atoms with Gasteiger partial charge in [0.15, 0.2) is 0 Å². The summed E-state index contributed by atoms with van der Waals surface area (Å²) in [5.74, 6) is 0.505. The van der Waals surface area contributed by atoms with Crippen LogP contribution in [-0.2, 0) is 4.79 Å². The fraction of sp³-hybridized carbons (Fsp3) is 0.615. The highest BCUT2D eigenvalue weighted by Gasteiger charge is 2.20. The van der Waals surface area contributed by atoms with Gasteiger partial charge in [0.05, 0.1) is 6.61 Å². The van der Waals surface area contributed by atoms with Crippen LogP contribution in [0.2, 0.25) is 0 Å². The van der Waals surface area contributed by atoms with Crippen molar-refractivity contribution in [2.75, 3.05) is 11.9 Å². The van der Waals surface area contributed by atoms with Gasteiger partial charge in [0.25, 0.3) is 0 Å². The van der Waals surface area contributed by atoms with Crippen LogP contribution in [0.15, 0.2) is 6.07 Å². The van der Waals surface area contributed by atoms with E-state index in [1.165, 1.54) is 0 Å². The number of nitrogens with one attached hydrogen (secondary N) is 1. The summed E-state index contributed by atoms with van der Waals surface area (Å²) in [6.45, 7) is 8.29. The highest BCUT2D eigenvalue weighted by molar-refractivity contribution is 5.82. The van der Waals surface area contributed by atoms with Crippen molar-refractivity contribution in [3.63, 3.8) is 0 Å². The molecule has 3 N–H and O–H groups in total. The van der Waals surface area contributed by atoms with Crippen LogP contribution in [0, 0.1) is 12.8 Å². The van der Waals surface area contributed by atoms with Gasteiger partial charge < -0.3 is 15.8 Å². The third kappa shape index (κ3) is 4.73. The van der Waals surface area contributed by atoms with Gasteiger partial charge in [0, 0.05) is 11.8 Å². The lowest BCUT2D eigenvalue weighted by molar-refractivity contribution is -0.119. The van der Waals surface area contributed by atoms with Crippen molar-refractivity contribution in [1.29, 1.82) is 0 Å². The lowest BCUT2D eigenvalue weighted by atomic mass is 10.0. The molecule has 106 valence electrons. The number of hydrogen-bond acceptors (Lipinski definition) is 5. The number of carbonyl (C=O) groups is 1. The van der Waals surface area contributed by atoms with Crippen molar-refractivity contribution in [2.45, 2.75) is 40.2 Å². The Hall–Kier alpha value is -1.85. The zero-order valence-corrected chi connectivity index (χ0v) is 11.9. The molecule has 19 heavy (non-hydrogen) atoms. The van der Waals surface area contributed by atoms with E-state index in [1.807, 2.05) is 27.7 Å². The smallest absolute Gasteiger partial charge is 0.240 e. The molecule has 0 aliphatic carbocycles. The highest BCUT2D eigenvalue weighted by Crippen LogP contribution is 2.14. The molecule has 0 spiro atoms. The first-order valence-corrected chi connectivity index (χ1v) is 6.48. The number of amides is 1. The zero-order valence-electron chi connectivity index (χ0n) is 11.9. The second-order valence-electron chi connectivity index (χ2n) is 4.79. The Kier molecular flexibility index (Phi) is 5.54. The van der Waals surface area contributed by atoms with E-state index in [-0.39, 0.29) is 5.92 Å². The van der Waals surface area contributed by atoms with Gasteiger partial charge in [-0.1, -0.05) is 20.8 Å². The van der Waals surface area contributed by atoms with Gasteiger partial charge in [-0.05, 0) is 19.3 Å². The molecule has 0 aromatic carbocycles. The summed E-state index contributed by atoms with van der Waals surface area (Å²) in [6.07, 6.45) is 0.904. The summed E-state index contributed by atoms with van der Waals surface area (Å²) in [5.41, 5.74) is 6.13. The highest BCUT2D eigenvalue weighted by atomic mass is 16.5. The third-order valence-electron chi connectivity index (χ3n) is 2.54. The zero-order chi connectivity index (χ0) is 14.4. The van der Waals surface area contributed by atoms with Crippen LogP contribution in [-0.4, -0.2) is 28.5 Å². The maximum Gasteiger partial charge on any atom is 0.240 e. The molecule has 1 aromatic rings. The molecule has 1 atom stereocenters. The average molecular weight is 266 g/mol. The predicted molar refractivity (Wildman–Crippen MR) is 74.0 cm³/mol. The first kappa shape index (κ1) is 15.2. The molecule has 1 heterocycles. The minimum absolute atomic E-state index is 0.0571. The summed E-state index contributed by atoms with van der Waals surface area (Å²) in [5, 5.41) is 2.96. The van der Waals surface area contributed by atoms with Crippen LogP contribution in [0.25, 0.3) is 0 Å². The fourth-order valence-electron chi connectivity index (χ4n) is 1.59. The van der Waals surface area contributed by atoms with Crippen molar-refractivity contribution in [1.82, 2.24) is 9.97 Å². The Morgan fingerprint density at radius 2 is 2.16 bits per heavy atom. The van der Waals surface area contributed by atoms with E-state index in [0.717, 1.165) is 12.1 Å². The summed E-state index contributed by atoms with van der Waals surface area (Å²) >= 11 is 0. The molecule has 6 heteroatoms. The topological polar surface area (TPSA) is 90.1 Å². The number of rotatable bonds is 7. The Bertz CT molecular complexity index is 435. The standard InChI is InChI=1S/C13H22N4O2/c1-5-6-19-10-7-9(4)15-13(16-10)17-11(8(2)3)12(14)18/h7-8,11H,5-6H2,1-4H3,(H2,14,18)(H,15,16,17). The number of aromatic nitrogens is 2. The van der Waals surface area contributed by atoms with Crippen LogP contribution in [0.4, 0.5) is 5.95 Å². The number of nitrogens with two attached hydrogens (primary N) is 1. The van der Waals surface area contributed by atoms with Crippen LogP contribution < -0.4 is 15.8 Å². The Morgan fingerprint density at radius 1 is 1.47 bits per heavy atom. The minimum atomic E-state index is -0.499. The Labute approximate surface area is 113 Å². The lowest BCUT2D eigenvalue weighted by Gasteiger charge is -2.19. The van der Waals surface area contributed by atoms with Crippen molar-refractivity contribution in [3.05, 3.63) is 11.8 Å². The van der Waals surface area contributed by atoms with E-state index >= 15 is 0 Å². The van der Waals surface area contributed by atoms with E-state index < -0.39 is 11.9 Å². The molecule has 0 saturated heterocycles. The molecule has 0 saturated carbocycles. The van der Waals surface area contributed by atoms with Crippen LogP contribution in [0.5, 0.6) is 5.88 Å². The third-order valence-corrected chi connectivity index (χ3v) is 2.54. The van der Waals surface area contributed by atoms with Gasteiger partial charge in [0.1, 0.15) is 6.04 Å². The number of ether oxygens (including phenoxy) is 1. The number of aryl methyl sites for hydroxylation is 1. The van der Waals surface area contributed by atoms with Crippen molar-refractivity contribution in [2.24, 2.45) is 11.7 Å². The fourth-order valence-corrected chi connectivity index (χ4v) is 1.59. The molecule has 1 amide bonds. The first-order valence-electron chi connectivity index (χ1n) is 6.48. The molecule has 1 unspecified atom stereocenters. The molecule has 0 radical (unpaired) electrons. The second kappa shape index (κ2) is 6.92. The molecule has 0 bridgehead atoms. The van der Waals surface area contributed by atoms with Gasteiger partial charge >= 0.3 is 0 Å². The summed E-state index contributed by atoms with van der Waals surface area (Å²) in [6, 6.07) is 1.26. The lowest BCUT2D eigenvalue weighted by Crippen LogP contribution is -2.40. The summed E-state index contributed by atoms with van der Waals surface area (Å²) in [4.78, 5) is 19.8. The van der Waals surface area contributed by atoms with E-state index in [1.54, 1.807) is 6.07 Å². The molecule has 1 aromatic heterocycles. The van der Waals surface area contributed by atoms with Crippen molar-refractivity contribution < 1.29 is 9.53 Å². The molecule has 0 aliphatic rings. The first-order chi connectivity index (χ1) is 8.93. The van der Waals surface area contributed by atoms with Crippen molar-refractivity contribution >= 4 is 11.9 Å². The average Bonchev–Trinajstić information content (AvgIpc) is 2.32. The monoisotopic (exact) mass is 266 g/mol. The number of hydrogen-bond donors (Lipinski definition) is 2. The number of anilines is 1. The largest absolute Gasteiger partial charge is 0.478 e. The normalized spacial score (nSPS) is 12.3. The summed E-state index contributed by atoms with van der Waals surface area (Å²) < 4.78 is 5.47. The SMILES string of the molecule is CCCOc1cc(C)nc(NC(C(N)=O)C(C)C)n1. The van der Waals surface area contributed by atoms with Gasteiger partial charge in [-0.15, -0.1) is 0 Å². The maximum atomic E-state index is 11.4. The van der Waals surface area contributed by atoms with Gasteiger partial charge in [-0.25, -0.2) is 4.98 Å². The second-order valence-corrected chi connectivity index (χ2v) is 4.79. The molecule has 0 fully saturated rings. The maximum absolute atomic E-state index is 11.4. The minimum Gasteiger partial charge on any atom is -0.478 e. The Morgan fingerprint density at radius 3 is 2.68 bits per heavy atom. The molecular formula is C13H22N4O2. The molecular weight excluding hydrogens is 244 g/mol. The molecule has 0 aliphatic heterocycles. The number of carbonyl (C=O) groups excluding carboxylic acids is 1. The Balaban J connectivity index is 2.87. The van der Waals surface area contributed by atoms with E-state index in [4.69, 9.17) is 10.5 Å². The van der Waals surface area contributed by atoms with E-state index in [2.05, 4.69) is 15.3 Å². The van der Waals surface area contributed by atoms with Crippen LogP contribution in [0.1, 0.15) is 32.9 Å². The van der Waals surface area contributed by atoms with E-state index in [0.29, 0.717) is 18.4 Å². The van der Waals surface area contributed by atoms with Gasteiger partial charge in [-0.2, -0.15) is 4.98 Å². The number of nitrogens with zero attached hydrogens (tertiary/aromatic N) is 2. The van der Waals surface area contributed by atoms with Crippen molar-refractivity contribution in [3.8, 4) is 5.88 Å². The predicted octanol–water partition coefficient (Wildman–Crippen LogP) is 1.50. The number of primary amides is 1. The molecule has 1 rings (SSSR count). The van der Waals surface area contributed by atoms with Gasteiger partial charge in [-0.3, -0.25) is 4.79 Å². The quantitative estimate of drug-likeness (QED) is 0.780. The molecule has 6 nitrogen and oxygen atoms in total. The van der Waals surface area contributed by atoms with E-state index in [9.17, 15) is 4.79 Å². The summed E-state index contributed by atoms with van der Waals surface area (Å²) in [7, 11) is 0. The van der Waals surface area contributed by atoms with Crippen LogP contribution >= 0.6 is 0 Å². The van der Waals surface area contributed by atoms with Crippen LogP contribution in [0.3, 0.4) is 0 Å². The van der Waals surface area contributed by atoms with Gasteiger partial charge in [0.2, 0.25) is 17.7 Å².